The van der Waals surface area contributed by atoms with Gasteiger partial charge in [0.2, 0.25) is 0 Å². The number of fused-ring (bicyclic) bond motifs is 1. The molecular formula is C16H15F3N2O6. The van der Waals surface area contributed by atoms with Gasteiger partial charge in [-0.2, -0.15) is 13.2 Å². The molecule has 2 rings (SSSR count). The molecule has 27 heavy (non-hydrogen) atoms. The Morgan fingerprint density at radius 2 is 2.00 bits per heavy atom. The zero-order chi connectivity index (χ0) is 20.2. The second-order valence-electron chi connectivity index (χ2n) is 5.41. The van der Waals surface area contributed by atoms with Crippen LogP contribution in [0.15, 0.2) is 38.6 Å². The molecular weight excluding hydrogens is 373 g/mol. The highest BCUT2D eigenvalue weighted by atomic mass is 19.4. The first-order valence-electron chi connectivity index (χ1n) is 7.49. The molecule has 0 aliphatic rings. The Morgan fingerprint density at radius 3 is 2.59 bits per heavy atom. The van der Waals surface area contributed by atoms with Gasteiger partial charge in [-0.05, 0) is 18.2 Å². The number of benzene rings is 1. The first kappa shape index (κ1) is 20.2. The quantitative estimate of drug-likeness (QED) is 0.364. The third-order valence-electron chi connectivity index (χ3n) is 3.17. The van der Waals surface area contributed by atoms with Crippen molar-refractivity contribution in [1.82, 2.24) is 4.90 Å². The minimum absolute atomic E-state index is 0.00402. The van der Waals surface area contributed by atoms with Crippen LogP contribution in [0.2, 0.25) is 0 Å². The van der Waals surface area contributed by atoms with Gasteiger partial charge in [0, 0.05) is 25.5 Å². The molecule has 2 aromatic rings. The van der Waals surface area contributed by atoms with Crippen molar-refractivity contribution in [2.24, 2.45) is 5.16 Å². The van der Waals surface area contributed by atoms with Crippen molar-refractivity contribution < 1.29 is 37.1 Å². The van der Waals surface area contributed by atoms with E-state index in [1.807, 2.05) is 0 Å². The van der Waals surface area contributed by atoms with E-state index in [9.17, 15) is 22.8 Å². The fourth-order valence-corrected chi connectivity index (χ4v) is 1.93. The summed E-state index contributed by atoms with van der Waals surface area (Å²) in [6, 6.07) is 5.02. The lowest BCUT2D eigenvalue weighted by Crippen LogP contribution is -2.30. The molecule has 11 heteroatoms. The van der Waals surface area contributed by atoms with Gasteiger partial charge in [0.25, 0.3) is 0 Å². The van der Waals surface area contributed by atoms with Crippen LogP contribution in [-0.4, -0.2) is 55.3 Å². The summed E-state index contributed by atoms with van der Waals surface area (Å²) in [7, 11) is 2.51. The summed E-state index contributed by atoms with van der Waals surface area (Å²) in [4.78, 5) is 28.4. The number of oxime groups is 1. The van der Waals surface area contributed by atoms with Crippen molar-refractivity contribution in [3.63, 3.8) is 0 Å². The van der Waals surface area contributed by atoms with Crippen molar-refractivity contribution in [3.8, 4) is 5.75 Å². The summed E-state index contributed by atoms with van der Waals surface area (Å²) < 4.78 is 49.9. The van der Waals surface area contributed by atoms with Crippen LogP contribution in [-0.2, 0) is 4.84 Å². The van der Waals surface area contributed by atoms with Crippen molar-refractivity contribution in [2.75, 3.05) is 27.3 Å². The van der Waals surface area contributed by atoms with E-state index in [-0.39, 0.29) is 29.9 Å². The minimum atomic E-state index is -5.07. The van der Waals surface area contributed by atoms with Crippen LogP contribution < -0.4 is 10.4 Å². The van der Waals surface area contributed by atoms with Crippen LogP contribution >= 0.6 is 0 Å². The average molecular weight is 388 g/mol. The summed E-state index contributed by atoms with van der Waals surface area (Å²) >= 11 is 0. The maximum atomic E-state index is 13.3. The van der Waals surface area contributed by atoms with Gasteiger partial charge in [-0.25, -0.2) is 9.59 Å². The number of carbonyl (C=O) groups is 1. The maximum absolute atomic E-state index is 13.3. The van der Waals surface area contributed by atoms with Gasteiger partial charge >= 0.3 is 17.9 Å². The second kappa shape index (κ2) is 8.08. The molecule has 0 fully saturated rings. The topological polar surface area (TPSA) is 102 Å². The summed E-state index contributed by atoms with van der Waals surface area (Å²) in [6.07, 6.45) is -6.22. The lowest BCUT2D eigenvalue weighted by Gasteiger charge is -2.11. The number of hydrogen-bond acceptors (Lipinski definition) is 7. The standard InChI is InChI=1S/C16H15F3N2O6/c1-21(2)15(24)27-20-13(16(17,18)19)11-7-9-3-4-10(25-6-5-22)8-12(9)26-14(11)23/h3-4,7-8,22H,5-6H2,1-2H3/b20-13-. The molecule has 1 amide bonds. The number of amides is 1. The Morgan fingerprint density at radius 1 is 1.30 bits per heavy atom. The highest BCUT2D eigenvalue weighted by Gasteiger charge is 2.40. The van der Waals surface area contributed by atoms with Crippen LogP contribution in [0.3, 0.4) is 0 Å². The molecule has 1 aromatic heterocycles. The van der Waals surface area contributed by atoms with Crippen LogP contribution in [0.5, 0.6) is 5.75 Å². The monoisotopic (exact) mass is 388 g/mol. The number of alkyl halides is 3. The van der Waals surface area contributed by atoms with Gasteiger partial charge in [0.15, 0.2) is 5.71 Å². The molecule has 0 unspecified atom stereocenters. The molecule has 0 atom stereocenters. The largest absolute Gasteiger partial charge is 0.491 e. The third kappa shape index (κ3) is 4.97. The average Bonchev–Trinajstić information content (AvgIpc) is 2.58. The number of hydrogen-bond donors (Lipinski definition) is 1. The molecule has 8 nitrogen and oxygen atoms in total. The fourth-order valence-electron chi connectivity index (χ4n) is 1.93. The van der Waals surface area contributed by atoms with E-state index in [0.29, 0.717) is 0 Å². The second-order valence-corrected chi connectivity index (χ2v) is 5.41. The Balaban J connectivity index is 2.50. The highest BCUT2D eigenvalue weighted by Crippen LogP contribution is 2.25. The van der Waals surface area contributed by atoms with Crippen molar-refractivity contribution in [1.29, 1.82) is 0 Å². The van der Waals surface area contributed by atoms with E-state index >= 15 is 0 Å². The molecule has 0 saturated heterocycles. The van der Waals surface area contributed by atoms with Crippen molar-refractivity contribution in [3.05, 3.63) is 40.2 Å². The number of aliphatic hydroxyl groups is 1. The predicted octanol–water partition coefficient (Wildman–Crippen LogP) is 2.13. The number of ether oxygens (including phenoxy) is 1. The van der Waals surface area contributed by atoms with Gasteiger partial charge in [0.1, 0.15) is 17.9 Å². The highest BCUT2D eigenvalue weighted by molar-refractivity contribution is 6.05. The zero-order valence-corrected chi connectivity index (χ0v) is 14.2. The Hall–Kier alpha value is -3.08. The zero-order valence-electron chi connectivity index (χ0n) is 14.2. The lowest BCUT2D eigenvalue weighted by atomic mass is 10.1. The van der Waals surface area contributed by atoms with Gasteiger partial charge in [0.05, 0.1) is 12.2 Å². The normalized spacial score (nSPS) is 12.1. The van der Waals surface area contributed by atoms with Crippen LogP contribution in [0.1, 0.15) is 5.56 Å². The summed E-state index contributed by atoms with van der Waals surface area (Å²) in [5, 5.41) is 11.7. The Labute approximate surface area is 150 Å². The van der Waals surface area contributed by atoms with E-state index in [4.69, 9.17) is 14.3 Å². The molecule has 1 N–H and O–H groups in total. The smallest absolute Gasteiger partial charge is 0.437 e. The molecule has 0 bridgehead atoms. The number of carbonyl (C=O) groups excluding carboxylic acids is 1. The Kier molecular flexibility index (Phi) is 6.05. The molecule has 0 saturated carbocycles. The number of nitrogens with zero attached hydrogens (tertiary/aromatic N) is 2. The minimum Gasteiger partial charge on any atom is -0.491 e. The number of halogens is 3. The molecule has 146 valence electrons. The van der Waals surface area contributed by atoms with Crippen LogP contribution in [0.25, 0.3) is 11.0 Å². The first-order valence-corrected chi connectivity index (χ1v) is 7.49. The van der Waals surface area contributed by atoms with Crippen LogP contribution in [0.4, 0.5) is 18.0 Å². The van der Waals surface area contributed by atoms with E-state index in [2.05, 4.69) is 9.99 Å². The molecule has 1 aromatic carbocycles. The summed E-state index contributed by atoms with van der Waals surface area (Å²) in [5.74, 6) is 0.261. The van der Waals surface area contributed by atoms with Crippen molar-refractivity contribution in [2.45, 2.75) is 6.18 Å². The van der Waals surface area contributed by atoms with E-state index in [1.54, 1.807) is 0 Å². The predicted molar refractivity (Wildman–Crippen MR) is 87.8 cm³/mol. The lowest BCUT2D eigenvalue weighted by molar-refractivity contribution is -0.0605. The summed E-state index contributed by atoms with van der Waals surface area (Å²) in [5.41, 5.74) is -3.95. The maximum Gasteiger partial charge on any atom is 0.437 e. The fraction of sp³-hybridized carbons (Fsp3) is 0.312. The van der Waals surface area contributed by atoms with Gasteiger partial charge in [-0.15, -0.1) is 0 Å². The van der Waals surface area contributed by atoms with E-state index in [0.717, 1.165) is 11.0 Å². The third-order valence-corrected chi connectivity index (χ3v) is 3.17. The number of rotatable bonds is 5. The molecule has 0 radical (unpaired) electrons. The van der Waals surface area contributed by atoms with E-state index < -0.39 is 29.2 Å². The number of aliphatic hydroxyl groups excluding tert-OH is 1. The van der Waals surface area contributed by atoms with Gasteiger partial charge in [-0.3, -0.25) is 4.84 Å². The Bertz CT molecular complexity index is 920. The van der Waals surface area contributed by atoms with E-state index in [1.165, 1.54) is 32.3 Å². The molecule has 0 spiro atoms. The molecule has 0 aliphatic carbocycles. The molecule has 1 heterocycles. The summed E-state index contributed by atoms with van der Waals surface area (Å²) in [6.45, 7) is -0.242. The van der Waals surface area contributed by atoms with Crippen LogP contribution in [0, 0.1) is 0 Å². The first-order chi connectivity index (χ1) is 12.6. The van der Waals surface area contributed by atoms with Crippen molar-refractivity contribution >= 4 is 22.8 Å². The van der Waals surface area contributed by atoms with Gasteiger partial charge in [-0.1, -0.05) is 5.16 Å². The molecule has 0 aliphatic heterocycles. The SMILES string of the molecule is CN(C)C(=O)O/N=C(/c1cc2ccc(OCCO)cc2oc1=O)C(F)(F)F. The van der Waals surface area contributed by atoms with Gasteiger partial charge < -0.3 is 19.2 Å².